The van der Waals surface area contributed by atoms with Gasteiger partial charge in [0.15, 0.2) is 0 Å². The molecule has 8 nitrogen and oxygen atoms in total. The van der Waals surface area contributed by atoms with Crippen LogP contribution in [0.15, 0.2) is 84.0 Å². The molecule has 10 heteroatoms. The number of para-hydroxylation sites is 1. The molecule has 0 saturated heterocycles. The number of hydrogen-bond donors (Lipinski definition) is 2. The molecule has 0 radical (unpaired) electrons. The van der Waals surface area contributed by atoms with Crippen molar-refractivity contribution in [3.05, 3.63) is 95.0 Å². The molecule has 0 bridgehead atoms. The highest BCUT2D eigenvalue weighted by molar-refractivity contribution is 7.92. The van der Waals surface area contributed by atoms with Crippen LogP contribution in [0, 0.1) is 0 Å². The molecule has 0 aromatic heterocycles. The average molecular weight is 513 g/mol. The molecule has 0 fully saturated rings. The van der Waals surface area contributed by atoms with E-state index in [1.807, 2.05) is 0 Å². The summed E-state index contributed by atoms with van der Waals surface area (Å²) in [5.41, 5.74) is 4.89. The first kappa shape index (κ1) is 25.9. The van der Waals surface area contributed by atoms with Crippen LogP contribution in [0.1, 0.15) is 29.8 Å². The van der Waals surface area contributed by atoms with Gasteiger partial charge in [0.25, 0.3) is 11.8 Å². The first-order chi connectivity index (χ1) is 16.6. The molecule has 0 aliphatic carbocycles. The second-order valence-electron chi connectivity index (χ2n) is 7.79. The fourth-order valence-corrected chi connectivity index (χ4v) is 4.70. The Labute approximate surface area is 209 Å². The Bertz CT molecular complexity index is 1360. The Hall–Kier alpha value is -3.69. The smallest absolute Gasteiger partial charge is 0.263 e. The number of nitrogens with zero attached hydrogens (tertiary/aromatic N) is 2. The molecule has 3 aromatic carbocycles. The number of anilines is 2. The lowest BCUT2D eigenvalue weighted by Crippen LogP contribution is -2.46. The normalized spacial score (nSPS) is 12.5. The van der Waals surface area contributed by atoms with Crippen molar-refractivity contribution < 1.29 is 18.0 Å². The lowest BCUT2D eigenvalue weighted by Gasteiger charge is -2.27. The zero-order valence-corrected chi connectivity index (χ0v) is 21.0. The highest BCUT2D eigenvalue weighted by Crippen LogP contribution is 2.20. The predicted octanol–water partition coefficient (Wildman–Crippen LogP) is 4.29. The van der Waals surface area contributed by atoms with Gasteiger partial charge in [-0.25, -0.2) is 13.8 Å². The number of carbonyl (C=O) groups excluding carboxylic acids is 2. The third kappa shape index (κ3) is 6.91. The van der Waals surface area contributed by atoms with Gasteiger partial charge in [0.05, 0.1) is 17.7 Å². The summed E-state index contributed by atoms with van der Waals surface area (Å²) < 4.78 is 25.7. The molecule has 35 heavy (non-hydrogen) atoms. The van der Waals surface area contributed by atoms with Crippen LogP contribution >= 0.6 is 11.6 Å². The van der Waals surface area contributed by atoms with Crippen molar-refractivity contribution in [2.24, 2.45) is 5.10 Å². The van der Waals surface area contributed by atoms with Crippen LogP contribution in [0.4, 0.5) is 11.4 Å². The minimum absolute atomic E-state index is 0.317. The van der Waals surface area contributed by atoms with Gasteiger partial charge in [0.2, 0.25) is 10.0 Å². The fraction of sp³-hybridized carbons (Fsp3) is 0.160. The topological polar surface area (TPSA) is 108 Å². The van der Waals surface area contributed by atoms with E-state index in [-0.39, 0.29) is 5.91 Å². The third-order valence-electron chi connectivity index (χ3n) is 5.06. The van der Waals surface area contributed by atoms with Gasteiger partial charge >= 0.3 is 0 Å². The van der Waals surface area contributed by atoms with Gasteiger partial charge < -0.3 is 5.32 Å². The molecule has 2 N–H and O–H groups in total. The maximum absolute atomic E-state index is 12.7. The summed E-state index contributed by atoms with van der Waals surface area (Å²) in [6.07, 6.45) is 1.04. The van der Waals surface area contributed by atoms with E-state index in [9.17, 15) is 18.0 Å². The van der Waals surface area contributed by atoms with Crippen molar-refractivity contribution >= 4 is 50.5 Å². The van der Waals surface area contributed by atoms with Crippen LogP contribution in [0.3, 0.4) is 0 Å². The second kappa shape index (κ2) is 11.2. The third-order valence-corrected chi connectivity index (χ3v) is 6.53. The number of carbonyl (C=O) groups is 2. The molecule has 1 atom stereocenters. The minimum atomic E-state index is -3.72. The van der Waals surface area contributed by atoms with Crippen LogP contribution in [0.5, 0.6) is 0 Å². The van der Waals surface area contributed by atoms with Crippen LogP contribution in [-0.4, -0.2) is 38.2 Å². The highest BCUT2D eigenvalue weighted by Gasteiger charge is 2.29. The fourth-order valence-electron chi connectivity index (χ4n) is 3.34. The van der Waals surface area contributed by atoms with Gasteiger partial charge in [-0.1, -0.05) is 48.0 Å². The predicted molar refractivity (Wildman–Crippen MR) is 139 cm³/mol. The molecule has 182 valence electrons. The maximum Gasteiger partial charge on any atom is 0.263 e. The van der Waals surface area contributed by atoms with E-state index >= 15 is 0 Å². The van der Waals surface area contributed by atoms with E-state index < -0.39 is 22.0 Å². The van der Waals surface area contributed by atoms with Gasteiger partial charge in [-0.2, -0.15) is 5.10 Å². The van der Waals surface area contributed by atoms with Gasteiger partial charge in [-0.3, -0.25) is 13.9 Å². The molecule has 0 saturated carbocycles. The largest absolute Gasteiger partial charge is 0.322 e. The van der Waals surface area contributed by atoms with E-state index in [0.717, 1.165) is 10.6 Å². The number of hydrogen-bond acceptors (Lipinski definition) is 5. The number of amides is 2. The number of sulfonamides is 1. The Morgan fingerprint density at radius 3 is 2.26 bits per heavy atom. The molecule has 2 amide bonds. The molecular formula is C25H25ClN4O4S. The first-order valence-electron chi connectivity index (χ1n) is 10.6. The quantitative estimate of drug-likeness (QED) is 0.346. The summed E-state index contributed by atoms with van der Waals surface area (Å²) in [5, 5.41) is 7.39. The SMILES string of the molecule is C/C(=N/NC(=O)[C@@H](C)N(c1ccccc1)S(C)(=O)=O)c1cccc(NC(=O)c2cccc(Cl)c2)c1. The Morgan fingerprint density at radius 1 is 0.943 bits per heavy atom. The van der Waals surface area contributed by atoms with Gasteiger partial charge in [0, 0.05) is 16.3 Å². The van der Waals surface area contributed by atoms with Crippen LogP contribution in [0.2, 0.25) is 5.02 Å². The van der Waals surface area contributed by atoms with E-state index in [1.165, 1.54) is 6.92 Å². The van der Waals surface area contributed by atoms with E-state index in [1.54, 1.807) is 85.8 Å². The molecule has 0 heterocycles. The highest BCUT2D eigenvalue weighted by atomic mass is 35.5. The second-order valence-corrected chi connectivity index (χ2v) is 10.1. The van der Waals surface area contributed by atoms with Crippen molar-refractivity contribution in [3.63, 3.8) is 0 Å². The van der Waals surface area contributed by atoms with Crippen molar-refractivity contribution in [1.82, 2.24) is 5.43 Å². The zero-order chi connectivity index (χ0) is 25.6. The summed E-state index contributed by atoms with van der Waals surface area (Å²) >= 11 is 5.95. The zero-order valence-electron chi connectivity index (χ0n) is 19.4. The summed E-state index contributed by atoms with van der Waals surface area (Å²) in [6, 6.07) is 20.9. The lowest BCUT2D eigenvalue weighted by molar-refractivity contribution is -0.121. The summed E-state index contributed by atoms with van der Waals surface area (Å²) in [4.78, 5) is 25.2. The molecule has 0 aliphatic rings. The molecule has 0 aliphatic heterocycles. The monoisotopic (exact) mass is 512 g/mol. The molecule has 3 aromatic rings. The van der Waals surface area contributed by atoms with E-state index in [2.05, 4.69) is 15.8 Å². The van der Waals surface area contributed by atoms with Gasteiger partial charge in [-0.05, 0) is 61.9 Å². The molecule has 3 rings (SSSR count). The van der Waals surface area contributed by atoms with Crippen molar-refractivity contribution in [2.75, 3.05) is 15.9 Å². The molecule has 0 unspecified atom stereocenters. The molecular weight excluding hydrogens is 488 g/mol. The standard InChI is InChI=1S/C25H25ClN4O4S/c1-17(19-9-8-12-22(16-19)27-25(32)20-10-7-11-21(26)15-20)28-29-24(31)18(2)30(35(3,33)34)23-13-5-4-6-14-23/h4-16,18H,1-3H3,(H,27,32)(H,29,31)/b28-17-/t18-/m1/s1. The summed E-state index contributed by atoms with van der Waals surface area (Å²) in [6.45, 7) is 3.18. The van der Waals surface area contributed by atoms with Crippen LogP contribution in [0.25, 0.3) is 0 Å². The van der Waals surface area contributed by atoms with Gasteiger partial charge in [-0.15, -0.1) is 0 Å². The van der Waals surface area contributed by atoms with Gasteiger partial charge in [0.1, 0.15) is 6.04 Å². The minimum Gasteiger partial charge on any atom is -0.322 e. The average Bonchev–Trinajstić information content (AvgIpc) is 2.82. The molecule has 0 spiro atoms. The van der Waals surface area contributed by atoms with Crippen LogP contribution in [-0.2, 0) is 14.8 Å². The van der Waals surface area contributed by atoms with Crippen molar-refractivity contribution in [1.29, 1.82) is 0 Å². The number of rotatable bonds is 8. The van der Waals surface area contributed by atoms with Crippen LogP contribution < -0.4 is 15.0 Å². The van der Waals surface area contributed by atoms with Crippen molar-refractivity contribution in [3.8, 4) is 0 Å². The Balaban J connectivity index is 1.72. The Kier molecular flexibility index (Phi) is 8.26. The van der Waals surface area contributed by atoms with Crippen molar-refractivity contribution in [2.45, 2.75) is 19.9 Å². The lowest BCUT2D eigenvalue weighted by atomic mass is 10.1. The maximum atomic E-state index is 12.7. The number of benzene rings is 3. The number of hydrazone groups is 1. The number of nitrogens with one attached hydrogen (secondary N) is 2. The first-order valence-corrected chi connectivity index (χ1v) is 12.8. The number of halogens is 1. The summed E-state index contributed by atoms with van der Waals surface area (Å²) in [5.74, 6) is -0.910. The summed E-state index contributed by atoms with van der Waals surface area (Å²) in [7, 11) is -3.72. The van der Waals surface area contributed by atoms with E-state index in [0.29, 0.717) is 33.2 Å². The Morgan fingerprint density at radius 2 is 1.60 bits per heavy atom. The van der Waals surface area contributed by atoms with E-state index in [4.69, 9.17) is 11.6 Å².